The molecule has 0 radical (unpaired) electrons. The topological polar surface area (TPSA) is 108 Å². The fourth-order valence-electron chi connectivity index (χ4n) is 1.88. The Labute approximate surface area is 107 Å². The summed E-state index contributed by atoms with van der Waals surface area (Å²) in [5.74, 6) is 0. The zero-order valence-electron chi connectivity index (χ0n) is 9.61. The van der Waals surface area contributed by atoms with Crippen LogP contribution in [-0.4, -0.2) is 49.8 Å². The van der Waals surface area contributed by atoms with E-state index in [4.69, 9.17) is 22.1 Å². The molecule has 1 aromatic heterocycles. The molecule has 1 fully saturated rings. The minimum atomic E-state index is -1.29. The first kappa shape index (κ1) is 13.4. The summed E-state index contributed by atoms with van der Waals surface area (Å²) in [5.41, 5.74) is 0.0998. The van der Waals surface area contributed by atoms with Gasteiger partial charge in [0.15, 0.2) is 6.23 Å². The van der Waals surface area contributed by atoms with Crippen molar-refractivity contribution in [3.8, 4) is 0 Å². The molecule has 8 heteroatoms. The summed E-state index contributed by atoms with van der Waals surface area (Å²) in [6.07, 6.45) is -3.05. The van der Waals surface area contributed by atoms with E-state index in [1.807, 2.05) is 0 Å². The summed E-state index contributed by atoms with van der Waals surface area (Å²) in [5, 5.41) is 28.4. The van der Waals surface area contributed by atoms with Gasteiger partial charge in [-0.3, -0.25) is 9.55 Å². The van der Waals surface area contributed by atoms with Crippen LogP contribution in [0.25, 0.3) is 0 Å². The molecular formula is C10H14N2O5S. The van der Waals surface area contributed by atoms with Crippen molar-refractivity contribution < 1.29 is 20.1 Å². The van der Waals surface area contributed by atoms with E-state index in [0.717, 1.165) is 4.57 Å². The van der Waals surface area contributed by atoms with E-state index in [9.17, 15) is 15.0 Å². The number of nitrogens with zero attached hydrogens (tertiary/aromatic N) is 1. The number of ether oxygens (including phenoxy) is 1. The van der Waals surface area contributed by atoms with Gasteiger partial charge in [0.05, 0.1) is 6.61 Å². The summed E-state index contributed by atoms with van der Waals surface area (Å²) in [6.45, 7) is 1.27. The standard InChI is InChI=1S/C10H14N2O5S/c1-4-2-12(10(16)11-8(4)18)9-7(15)6(14)5(3-13)17-9/h2,5-7,9,13-15H,3H2,1H3,(H,11,16,18)/t5-,6?,7?,9-/m0/s1. The average Bonchev–Trinajstić information content (AvgIpc) is 2.61. The van der Waals surface area contributed by atoms with Gasteiger partial charge in [0.25, 0.3) is 0 Å². The lowest BCUT2D eigenvalue weighted by atomic mass is 10.1. The molecule has 1 aliphatic heterocycles. The van der Waals surface area contributed by atoms with Crippen LogP contribution >= 0.6 is 12.2 Å². The number of hydrogen-bond donors (Lipinski definition) is 4. The number of aliphatic hydroxyl groups is 3. The second-order valence-electron chi connectivity index (χ2n) is 4.21. The molecule has 4 N–H and O–H groups in total. The average molecular weight is 274 g/mol. The van der Waals surface area contributed by atoms with Crippen LogP contribution in [0, 0.1) is 11.6 Å². The molecule has 0 aliphatic carbocycles. The number of aromatic amines is 1. The molecule has 18 heavy (non-hydrogen) atoms. The Hall–Kier alpha value is -1.06. The molecule has 7 nitrogen and oxygen atoms in total. The van der Waals surface area contributed by atoms with Gasteiger partial charge in [0, 0.05) is 11.8 Å². The van der Waals surface area contributed by atoms with Crippen LogP contribution in [0.5, 0.6) is 0 Å². The zero-order chi connectivity index (χ0) is 13.4. The number of aryl methyl sites for hydroxylation is 1. The Kier molecular flexibility index (Phi) is 3.64. The highest BCUT2D eigenvalue weighted by molar-refractivity contribution is 7.71. The van der Waals surface area contributed by atoms with Crippen LogP contribution in [0.15, 0.2) is 11.0 Å². The highest BCUT2D eigenvalue weighted by Crippen LogP contribution is 2.28. The molecule has 2 unspecified atom stereocenters. The Morgan fingerprint density at radius 1 is 1.50 bits per heavy atom. The second-order valence-corrected chi connectivity index (χ2v) is 4.62. The lowest BCUT2D eigenvalue weighted by molar-refractivity contribution is -0.0550. The number of aromatic nitrogens is 2. The second kappa shape index (κ2) is 4.90. The third-order valence-corrected chi connectivity index (χ3v) is 3.36. The van der Waals surface area contributed by atoms with Crippen molar-refractivity contribution in [1.82, 2.24) is 9.55 Å². The molecule has 0 bridgehead atoms. The molecule has 2 heterocycles. The van der Waals surface area contributed by atoms with Gasteiger partial charge in [-0.2, -0.15) is 0 Å². The first-order chi connectivity index (χ1) is 8.45. The quantitative estimate of drug-likeness (QED) is 0.506. The van der Waals surface area contributed by atoms with Crippen LogP contribution in [-0.2, 0) is 4.74 Å². The monoisotopic (exact) mass is 274 g/mol. The number of hydrogen-bond acceptors (Lipinski definition) is 6. The molecule has 1 saturated heterocycles. The van der Waals surface area contributed by atoms with Crippen LogP contribution < -0.4 is 5.69 Å². The minimum Gasteiger partial charge on any atom is -0.394 e. The first-order valence-corrected chi connectivity index (χ1v) is 5.81. The van der Waals surface area contributed by atoms with E-state index < -0.39 is 36.8 Å². The Bertz CT molecular complexity index is 554. The maximum Gasteiger partial charge on any atom is 0.328 e. The maximum atomic E-state index is 11.7. The fraction of sp³-hybridized carbons (Fsp3) is 0.600. The smallest absolute Gasteiger partial charge is 0.328 e. The highest BCUT2D eigenvalue weighted by Gasteiger charge is 2.43. The van der Waals surface area contributed by atoms with Crippen molar-refractivity contribution in [3.63, 3.8) is 0 Å². The molecule has 0 aromatic carbocycles. The van der Waals surface area contributed by atoms with Gasteiger partial charge < -0.3 is 20.1 Å². The van der Waals surface area contributed by atoms with E-state index in [1.54, 1.807) is 6.92 Å². The van der Waals surface area contributed by atoms with Gasteiger partial charge in [-0.1, -0.05) is 12.2 Å². The lowest BCUT2D eigenvalue weighted by Crippen LogP contribution is -2.36. The molecule has 0 spiro atoms. The van der Waals surface area contributed by atoms with E-state index in [-0.39, 0.29) is 0 Å². The Morgan fingerprint density at radius 2 is 2.17 bits per heavy atom. The Morgan fingerprint density at radius 3 is 2.72 bits per heavy atom. The lowest BCUT2D eigenvalue weighted by Gasteiger charge is -2.17. The number of rotatable bonds is 2. The minimum absolute atomic E-state index is 0.308. The Balaban J connectivity index is 2.42. The van der Waals surface area contributed by atoms with Crippen molar-refractivity contribution >= 4 is 12.2 Å². The van der Waals surface area contributed by atoms with E-state index in [0.29, 0.717) is 10.2 Å². The molecule has 1 aliphatic rings. The summed E-state index contributed by atoms with van der Waals surface area (Å²) < 4.78 is 6.68. The number of aliphatic hydroxyl groups excluding tert-OH is 3. The summed E-state index contributed by atoms with van der Waals surface area (Å²) in [7, 11) is 0. The maximum absolute atomic E-state index is 11.7. The van der Waals surface area contributed by atoms with Crippen molar-refractivity contribution in [2.75, 3.05) is 6.61 Å². The van der Waals surface area contributed by atoms with Gasteiger partial charge in [-0.25, -0.2) is 4.79 Å². The molecule has 0 saturated carbocycles. The summed E-state index contributed by atoms with van der Waals surface area (Å²) in [4.78, 5) is 14.2. The number of H-pyrrole nitrogens is 1. The predicted octanol–water partition coefficient (Wildman–Crippen LogP) is -1.17. The highest BCUT2D eigenvalue weighted by atomic mass is 32.1. The van der Waals surface area contributed by atoms with Crippen molar-refractivity contribution in [1.29, 1.82) is 0 Å². The van der Waals surface area contributed by atoms with Crippen molar-refractivity contribution in [2.45, 2.75) is 31.5 Å². The van der Waals surface area contributed by atoms with Crippen LogP contribution in [0.4, 0.5) is 0 Å². The normalized spacial score (nSPS) is 31.8. The largest absolute Gasteiger partial charge is 0.394 e. The first-order valence-electron chi connectivity index (χ1n) is 5.40. The number of nitrogens with one attached hydrogen (secondary N) is 1. The van der Waals surface area contributed by atoms with E-state index in [1.165, 1.54) is 6.20 Å². The fourth-order valence-corrected chi connectivity index (χ4v) is 2.03. The van der Waals surface area contributed by atoms with Crippen LogP contribution in [0.3, 0.4) is 0 Å². The molecule has 2 rings (SSSR count). The van der Waals surface area contributed by atoms with Gasteiger partial charge >= 0.3 is 5.69 Å². The molecule has 4 atom stereocenters. The molecule has 0 amide bonds. The van der Waals surface area contributed by atoms with Gasteiger partial charge in [0.2, 0.25) is 0 Å². The van der Waals surface area contributed by atoms with E-state index >= 15 is 0 Å². The SMILES string of the molecule is Cc1cn([C@H]2O[C@@H](CO)C(O)C2O)c(=O)[nH]c1=S. The van der Waals surface area contributed by atoms with Crippen LogP contribution in [0.1, 0.15) is 11.8 Å². The van der Waals surface area contributed by atoms with Gasteiger partial charge in [-0.05, 0) is 6.92 Å². The molecule has 1 aromatic rings. The third kappa shape index (κ3) is 2.13. The van der Waals surface area contributed by atoms with E-state index in [2.05, 4.69) is 4.98 Å². The predicted molar refractivity (Wildman–Crippen MR) is 63.6 cm³/mol. The summed E-state index contributed by atoms with van der Waals surface area (Å²) in [6, 6.07) is 0. The van der Waals surface area contributed by atoms with Crippen LogP contribution in [0.2, 0.25) is 0 Å². The van der Waals surface area contributed by atoms with Crippen molar-refractivity contribution in [2.24, 2.45) is 0 Å². The zero-order valence-corrected chi connectivity index (χ0v) is 10.4. The molecular weight excluding hydrogens is 260 g/mol. The van der Waals surface area contributed by atoms with Gasteiger partial charge in [-0.15, -0.1) is 0 Å². The summed E-state index contributed by atoms with van der Waals surface area (Å²) >= 11 is 4.91. The van der Waals surface area contributed by atoms with Crippen molar-refractivity contribution in [3.05, 3.63) is 26.9 Å². The van der Waals surface area contributed by atoms with Gasteiger partial charge in [0.1, 0.15) is 23.0 Å². The molecule has 100 valence electrons. The third-order valence-electron chi connectivity index (χ3n) is 2.94.